The summed E-state index contributed by atoms with van der Waals surface area (Å²) in [4.78, 5) is 17.5. The van der Waals surface area contributed by atoms with Crippen molar-refractivity contribution in [3.63, 3.8) is 0 Å². The Bertz CT molecular complexity index is 3110. The highest BCUT2D eigenvalue weighted by molar-refractivity contribution is 7.24. The van der Waals surface area contributed by atoms with Crippen molar-refractivity contribution in [2.75, 3.05) is 9.80 Å². The molecule has 9 heteroatoms. The van der Waals surface area contributed by atoms with Crippen LogP contribution in [0.3, 0.4) is 0 Å². The van der Waals surface area contributed by atoms with Gasteiger partial charge in [-0.2, -0.15) is 0 Å². The van der Waals surface area contributed by atoms with Gasteiger partial charge in [0.15, 0.2) is 9.92 Å². The standard InChI is InChI=1S/C44H25BN6S2/c1-3-12-26(13-4-1)48-34-18-11-19-35-42(34)45(28-22-30-38(24-36(28)48)50-32-16-7-9-20-40(32)52-43(50)46-30)29-23-31-39(25-37(29)49(35)27-14-5-2-6-15-27)51-33-17-8-10-21-41(33)53-44(51)47-31/h1-25H. The van der Waals surface area contributed by atoms with E-state index in [1.807, 2.05) is 0 Å². The molecular weight excluding hydrogens is 687 g/mol. The number of aromatic nitrogens is 4. The number of thiazole rings is 2. The number of nitrogens with zero attached hydrogens (tertiary/aromatic N) is 6. The Morgan fingerprint density at radius 1 is 0.415 bits per heavy atom. The van der Waals surface area contributed by atoms with E-state index in [0.29, 0.717) is 0 Å². The Labute approximate surface area is 311 Å². The number of rotatable bonds is 2. The van der Waals surface area contributed by atoms with Crippen molar-refractivity contribution < 1.29 is 0 Å². The van der Waals surface area contributed by atoms with Gasteiger partial charge >= 0.3 is 0 Å². The molecule has 2 aliphatic rings. The zero-order valence-electron chi connectivity index (χ0n) is 28.0. The monoisotopic (exact) mass is 712 g/mol. The third kappa shape index (κ3) is 3.67. The molecule has 0 fully saturated rings. The number of fused-ring (bicyclic) bond motifs is 14. The first-order chi connectivity index (χ1) is 26.3. The van der Waals surface area contributed by atoms with Crippen LogP contribution in [0.5, 0.6) is 0 Å². The Hall–Kier alpha value is -6.42. The predicted molar refractivity (Wildman–Crippen MR) is 224 cm³/mol. The van der Waals surface area contributed by atoms with Crippen LogP contribution in [0.15, 0.2) is 152 Å². The van der Waals surface area contributed by atoms with E-state index in [4.69, 9.17) is 9.97 Å². The Kier molecular flexibility index (Phi) is 5.39. The van der Waals surface area contributed by atoms with Crippen LogP contribution in [-0.4, -0.2) is 25.5 Å². The van der Waals surface area contributed by atoms with Crippen LogP contribution in [0.1, 0.15) is 0 Å². The van der Waals surface area contributed by atoms with Crippen LogP contribution in [0.2, 0.25) is 0 Å². The zero-order valence-corrected chi connectivity index (χ0v) is 29.6. The van der Waals surface area contributed by atoms with Crippen LogP contribution in [0.4, 0.5) is 34.1 Å². The molecule has 53 heavy (non-hydrogen) atoms. The quantitative estimate of drug-likeness (QED) is 0.168. The van der Waals surface area contributed by atoms with E-state index in [1.165, 1.54) is 59.6 Å². The van der Waals surface area contributed by atoms with Crippen LogP contribution in [-0.2, 0) is 0 Å². The van der Waals surface area contributed by atoms with Crippen LogP contribution >= 0.6 is 22.7 Å². The lowest BCUT2D eigenvalue weighted by atomic mass is 9.33. The molecule has 0 radical (unpaired) electrons. The third-order valence-electron chi connectivity index (χ3n) is 11.1. The Balaban J connectivity index is 1.17. The van der Waals surface area contributed by atoms with Crippen molar-refractivity contribution >= 4 is 132 Å². The molecule has 6 nitrogen and oxygen atoms in total. The topological polar surface area (TPSA) is 41.1 Å². The van der Waals surface area contributed by atoms with Crippen molar-refractivity contribution in [3.05, 3.63) is 152 Å². The minimum atomic E-state index is -0.0344. The molecule has 0 saturated carbocycles. The van der Waals surface area contributed by atoms with E-state index in [-0.39, 0.29) is 6.71 Å². The first-order valence-corrected chi connectivity index (χ1v) is 19.4. The van der Waals surface area contributed by atoms with Crippen LogP contribution in [0.25, 0.3) is 52.4 Å². The van der Waals surface area contributed by atoms with Gasteiger partial charge in [0.25, 0.3) is 6.71 Å². The lowest BCUT2D eigenvalue weighted by molar-refractivity contribution is 1.25. The summed E-state index contributed by atoms with van der Waals surface area (Å²) in [6, 6.07) is 55.1. The average molecular weight is 713 g/mol. The highest BCUT2D eigenvalue weighted by atomic mass is 32.1. The van der Waals surface area contributed by atoms with Crippen molar-refractivity contribution in [1.82, 2.24) is 18.8 Å². The number of imidazole rings is 2. The SMILES string of the molecule is c1ccc(N2c3cc4c(cc3B3c5cc6nc7sc8ccccc8n7c6cc5N(c5ccccc5)c5cccc2c53)nc2sc3ccccc3n24)cc1. The normalized spacial score (nSPS) is 13.5. The average Bonchev–Trinajstić information content (AvgIpc) is 3.94. The molecule has 13 rings (SSSR count). The summed E-state index contributed by atoms with van der Waals surface area (Å²) in [7, 11) is 0. The molecule has 246 valence electrons. The molecule has 0 bridgehead atoms. The van der Waals surface area contributed by atoms with Crippen LogP contribution < -0.4 is 26.2 Å². The van der Waals surface area contributed by atoms with Crippen molar-refractivity contribution in [3.8, 4) is 0 Å². The molecule has 6 heterocycles. The van der Waals surface area contributed by atoms with Gasteiger partial charge in [0.1, 0.15) is 0 Å². The van der Waals surface area contributed by atoms with Gasteiger partial charge in [0.05, 0.1) is 42.5 Å². The highest BCUT2D eigenvalue weighted by Crippen LogP contribution is 2.46. The molecule has 4 aromatic heterocycles. The Morgan fingerprint density at radius 3 is 1.36 bits per heavy atom. The highest BCUT2D eigenvalue weighted by Gasteiger charge is 2.44. The smallest absolute Gasteiger partial charge is 0.252 e. The molecule has 0 unspecified atom stereocenters. The fraction of sp³-hybridized carbons (Fsp3) is 0. The van der Waals surface area contributed by atoms with Gasteiger partial charge < -0.3 is 9.80 Å². The number of benzene rings is 7. The minimum absolute atomic E-state index is 0.0344. The molecule has 0 aliphatic carbocycles. The molecule has 0 N–H and O–H groups in total. The fourth-order valence-electron chi connectivity index (χ4n) is 8.99. The number of hydrogen-bond acceptors (Lipinski definition) is 6. The van der Waals surface area contributed by atoms with Gasteiger partial charge in [-0.1, -0.05) is 89.4 Å². The first kappa shape index (κ1) is 28.2. The molecular formula is C44H25BN6S2. The van der Waals surface area contributed by atoms with E-state index in [1.54, 1.807) is 22.7 Å². The van der Waals surface area contributed by atoms with Crippen molar-refractivity contribution in [1.29, 1.82) is 0 Å². The molecule has 0 saturated heterocycles. The number of para-hydroxylation sites is 4. The number of anilines is 6. The van der Waals surface area contributed by atoms with E-state index in [0.717, 1.165) is 43.4 Å². The summed E-state index contributed by atoms with van der Waals surface area (Å²) < 4.78 is 7.15. The molecule has 0 spiro atoms. The summed E-state index contributed by atoms with van der Waals surface area (Å²) in [5, 5.41) is 0. The van der Waals surface area contributed by atoms with E-state index < -0.39 is 0 Å². The molecule has 0 atom stereocenters. The minimum Gasteiger partial charge on any atom is -0.311 e. The third-order valence-corrected chi connectivity index (χ3v) is 13.2. The summed E-state index contributed by atoms with van der Waals surface area (Å²) in [5.74, 6) is 0. The van der Waals surface area contributed by atoms with E-state index in [2.05, 4.69) is 170 Å². The molecule has 7 aromatic carbocycles. The maximum absolute atomic E-state index is 5.28. The van der Waals surface area contributed by atoms with Gasteiger partial charge in [-0.15, -0.1) is 0 Å². The predicted octanol–water partition coefficient (Wildman–Crippen LogP) is 9.80. The summed E-state index contributed by atoms with van der Waals surface area (Å²) in [5.41, 5.74) is 17.4. The lowest BCUT2D eigenvalue weighted by Gasteiger charge is -2.44. The summed E-state index contributed by atoms with van der Waals surface area (Å²) in [6.45, 7) is -0.0344. The molecule has 2 aliphatic heterocycles. The first-order valence-electron chi connectivity index (χ1n) is 17.8. The molecule has 0 amide bonds. The summed E-state index contributed by atoms with van der Waals surface area (Å²) >= 11 is 3.50. The maximum atomic E-state index is 5.28. The van der Waals surface area contributed by atoms with E-state index in [9.17, 15) is 0 Å². The van der Waals surface area contributed by atoms with Gasteiger partial charge in [0, 0.05) is 34.1 Å². The second-order valence-electron chi connectivity index (χ2n) is 13.9. The fourth-order valence-corrected chi connectivity index (χ4v) is 11.1. The van der Waals surface area contributed by atoms with Gasteiger partial charge in [0.2, 0.25) is 0 Å². The number of hydrogen-bond donors (Lipinski definition) is 0. The summed E-state index contributed by atoms with van der Waals surface area (Å²) in [6.07, 6.45) is 0. The lowest BCUT2D eigenvalue weighted by Crippen LogP contribution is -2.61. The van der Waals surface area contributed by atoms with Crippen molar-refractivity contribution in [2.45, 2.75) is 0 Å². The van der Waals surface area contributed by atoms with Crippen LogP contribution in [0, 0.1) is 0 Å². The zero-order chi connectivity index (χ0) is 34.4. The van der Waals surface area contributed by atoms with Gasteiger partial charge in [-0.25, -0.2) is 9.97 Å². The van der Waals surface area contributed by atoms with Gasteiger partial charge in [-0.3, -0.25) is 8.80 Å². The second-order valence-corrected chi connectivity index (χ2v) is 15.9. The largest absolute Gasteiger partial charge is 0.311 e. The molecule has 11 aromatic rings. The van der Waals surface area contributed by atoms with Gasteiger partial charge in [-0.05, 0) is 101 Å². The van der Waals surface area contributed by atoms with E-state index >= 15 is 0 Å². The maximum Gasteiger partial charge on any atom is 0.252 e. The Morgan fingerprint density at radius 2 is 0.868 bits per heavy atom. The van der Waals surface area contributed by atoms with Crippen molar-refractivity contribution in [2.24, 2.45) is 0 Å². The second kappa shape index (κ2) is 10.1.